The van der Waals surface area contributed by atoms with Gasteiger partial charge in [-0.15, -0.1) is 11.3 Å². The molecule has 0 N–H and O–H groups in total. The summed E-state index contributed by atoms with van der Waals surface area (Å²) in [6.45, 7) is 0.633. The summed E-state index contributed by atoms with van der Waals surface area (Å²) in [7, 11) is -1.74. The van der Waals surface area contributed by atoms with Crippen LogP contribution in [0.3, 0.4) is 0 Å². The van der Waals surface area contributed by atoms with Crippen molar-refractivity contribution >= 4 is 27.3 Å². The first-order valence-electron chi connectivity index (χ1n) is 10.5. The highest BCUT2D eigenvalue weighted by Gasteiger charge is 2.35. The van der Waals surface area contributed by atoms with Crippen LogP contribution < -0.4 is 0 Å². The number of hydrogen-bond donors (Lipinski definition) is 0. The minimum Gasteiger partial charge on any atom is -0.334 e. The zero-order valence-electron chi connectivity index (χ0n) is 17.7. The molecular formula is C24H25FN2O3S2. The molecule has 1 aromatic heterocycles. The summed E-state index contributed by atoms with van der Waals surface area (Å²) in [5.41, 5.74) is 1.76. The lowest BCUT2D eigenvalue weighted by molar-refractivity contribution is -0.137. The summed E-state index contributed by atoms with van der Waals surface area (Å²) in [5.74, 6) is -0.619. The molecule has 1 atom stereocenters. The average molecular weight is 473 g/mol. The molecule has 3 aromatic rings. The Kier molecular flexibility index (Phi) is 6.74. The second-order valence-electron chi connectivity index (χ2n) is 7.92. The minimum atomic E-state index is -3.50. The number of piperidine rings is 1. The van der Waals surface area contributed by atoms with Crippen molar-refractivity contribution in [2.75, 3.05) is 20.1 Å². The monoisotopic (exact) mass is 472 g/mol. The summed E-state index contributed by atoms with van der Waals surface area (Å²) in [5, 5.41) is 1.75. The van der Waals surface area contributed by atoms with E-state index in [0.717, 1.165) is 11.1 Å². The molecule has 2 heterocycles. The first-order chi connectivity index (χ1) is 15.4. The molecule has 1 saturated heterocycles. The van der Waals surface area contributed by atoms with Crippen LogP contribution in [0.2, 0.25) is 0 Å². The molecule has 0 radical (unpaired) electrons. The Morgan fingerprint density at radius 1 is 1.00 bits per heavy atom. The maximum Gasteiger partial charge on any atom is 0.252 e. The smallest absolute Gasteiger partial charge is 0.252 e. The molecule has 1 fully saturated rings. The van der Waals surface area contributed by atoms with Crippen LogP contribution in [0.4, 0.5) is 4.39 Å². The zero-order chi connectivity index (χ0) is 22.7. The molecule has 0 spiro atoms. The largest absolute Gasteiger partial charge is 0.334 e. The van der Waals surface area contributed by atoms with Crippen molar-refractivity contribution < 1.29 is 17.6 Å². The van der Waals surface area contributed by atoms with Crippen molar-refractivity contribution in [3.63, 3.8) is 0 Å². The summed E-state index contributed by atoms with van der Waals surface area (Å²) in [6, 6.07) is 18.8. The third-order valence-electron chi connectivity index (χ3n) is 5.93. The van der Waals surface area contributed by atoms with Gasteiger partial charge in [-0.2, -0.15) is 4.31 Å². The molecule has 32 heavy (non-hydrogen) atoms. The number of sulfonamides is 1. The molecule has 168 valence electrons. The van der Waals surface area contributed by atoms with Crippen molar-refractivity contribution in [2.45, 2.75) is 23.1 Å². The van der Waals surface area contributed by atoms with E-state index in [9.17, 15) is 17.6 Å². The van der Waals surface area contributed by atoms with Crippen LogP contribution in [-0.4, -0.2) is 43.7 Å². The Morgan fingerprint density at radius 2 is 1.62 bits per heavy atom. The van der Waals surface area contributed by atoms with E-state index in [0.29, 0.717) is 30.1 Å². The Morgan fingerprint density at radius 3 is 2.22 bits per heavy atom. The highest BCUT2D eigenvalue weighted by Crippen LogP contribution is 2.32. The number of amides is 1. The van der Waals surface area contributed by atoms with Crippen LogP contribution in [-0.2, 0) is 14.8 Å². The molecule has 1 aliphatic rings. The van der Waals surface area contributed by atoms with Gasteiger partial charge in [-0.05, 0) is 47.5 Å². The van der Waals surface area contributed by atoms with Crippen molar-refractivity contribution in [2.24, 2.45) is 5.92 Å². The topological polar surface area (TPSA) is 57.7 Å². The lowest BCUT2D eigenvalue weighted by Gasteiger charge is -2.35. The quantitative estimate of drug-likeness (QED) is 0.529. The van der Waals surface area contributed by atoms with Gasteiger partial charge in [0.15, 0.2) is 0 Å². The molecule has 1 amide bonds. The Hall–Kier alpha value is -2.55. The van der Waals surface area contributed by atoms with Crippen LogP contribution >= 0.6 is 11.3 Å². The fourth-order valence-corrected chi connectivity index (χ4v) is 6.83. The van der Waals surface area contributed by atoms with Crippen LogP contribution in [0.1, 0.15) is 30.0 Å². The fourth-order valence-electron chi connectivity index (χ4n) is 4.22. The first-order valence-corrected chi connectivity index (χ1v) is 12.8. The van der Waals surface area contributed by atoms with Crippen LogP contribution in [0.15, 0.2) is 76.3 Å². The zero-order valence-corrected chi connectivity index (χ0v) is 19.4. The summed E-state index contributed by atoms with van der Waals surface area (Å²) >= 11 is 1.20. The van der Waals surface area contributed by atoms with Gasteiger partial charge in [0, 0.05) is 26.1 Å². The average Bonchev–Trinajstić information content (AvgIpc) is 3.37. The van der Waals surface area contributed by atoms with E-state index in [1.165, 1.54) is 27.8 Å². The number of carbonyl (C=O) groups is 1. The Bertz CT molecular complexity index is 1140. The normalized spacial score (nSPS) is 16.6. The molecule has 2 aromatic carbocycles. The van der Waals surface area contributed by atoms with E-state index in [1.807, 2.05) is 30.3 Å². The number of halogens is 1. The van der Waals surface area contributed by atoms with Crippen LogP contribution in [0.5, 0.6) is 0 Å². The third-order valence-corrected chi connectivity index (χ3v) is 9.20. The number of rotatable bonds is 6. The Balaban J connectivity index is 1.51. The summed E-state index contributed by atoms with van der Waals surface area (Å²) in [6.07, 6.45) is 0.942. The highest BCUT2D eigenvalue weighted by molar-refractivity contribution is 7.91. The fraction of sp³-hybridized carbons (Fsp3) is 0.292. The molecule has 5 nitrogen and oxygen atoms in total. The van der Waals surface area contributed by atoms with Gasteiger partial charge in [-0.1, -0.05) is 48.5 Å². The van der Waals surface area contributed by atoms with Crippen molar-refractivity contribution in [3.05, 3.63) is 89.1 Å². The molecule has 0 aliphatic carbocycles. The van der Waals surface area contributed by atoms with Crippen LogP contribution in [0.25, 0.3) is 0 Å². The van der Waals surface area contributed by atoms with Gasteiger partial charge >= 0.3 is 0 Å². The highest BCUT2D eigenvalue weighted by atomic mass is 32.2. The van der Waals surface area contributed by atoms with Gasteiger partial charge in [0.2, 0.25) is 5.91 Å². The Labute approximate surface area is 192 Å². The number of nitrogens with zero attached hydrogens (tertiary/aromatic N) is 2. The minimum absolute atomic E-state index is 0.0312. The molecule has 8 heteroatoms. The van der Waals surface area contributed by atoms with Gasteiger partial charge in [-0.3, -0.25) is 4.79 Å². The van der Waals surface area contributed by atoms with E-state index >= 15 is 0 Å². The standard InChI is InChI=1S/C24H25FN2O3S2/c1-26(23(18-6-3-2-4-7-18)19-9-11-21(25)12-10-19)24(28)20-13-15-27(16-14-20)32(29,30)22-8-5-17-31-22/h2-12,17,20,23H,13-16H2,1H3. The molecule has 0 bridgehead atoms. The van der Waals surface area contributed by atoms with Crippen molar-refractivity contribution in [3.8, 4) is 0 Å². The van der Waals surface area contributed by atoms with E-state index in [2.05, 4.69) is 0 Å². The molecule has 1 aliphatic heterocycles. The number of thiophene rings is 1. The second-order valence-corrected chi connectivity index (χ2v) is 11.0. The predicted octanol–water partition coefficient (Wildman–Crippen LogP) is 4.54. The van der Waals surface area contributed by atoms with Crippen molar-refractivity contribution in [1.29, 1.82) is 0 Å². The lowest BCUT2D eigenvalue weighted by atomic mass is 9.92. The number of hydrogen-bond acceptors (Lipinski definition) is 4. The van der Waals surface area contributed by atoms with Crippen LogP contribution in [0, 0.1) is 11.7 Å². The van der Waals surface area contributed by atoms with Gasteiger partial charge < -0.3 is 4.90 Å². The van der Waals surface area contributed by atoms with Gasteiger partial charge in [0.25, 0.3) is 10.0 Å². The molecule has 0 saturated carbocycles. The molecule has 4 rings (SSSR count). The van der Waals surface area contributed by atoms with E-state index < -0.39 is 10.0 Å². The van der Waals surface area contributed by atoms with Crippen molar-refractivity contribution in [1.82, 2.24) is 9.21 Å². The van der Waals surface area contributed by atoms with E-state index in [1.54, 1.807) is 41.6 Å². The SMILES string of the molecule is CN(C(=O)C1CCN(S(=O)(=O)c2cccs2)CC1)C(c1ccccc1)c1ccc(F)cc1. The molecular weight excluding hydrogens is 447 g/mol. The second kappa shape index (κ2) is 9.52. The third kappa shape index (κ3) is 4.62. The summed E-state index contributed by atoms with van der Waals surface area (Å²) < 4.78 is 40.9. The van der Waals surface area contributed by atoms with Gasteiger partial charge in [0.1, 0.15) is 10.0 Å². The lowest BCUT2D eigenvalue weighted by Crippen LogP contribution is -2.44. The van der Waals surface area contributed by atoms with Gasteiger partial charge in [-0.25, -0.2) is 12.8 Å². The predicted molar refractivity (Wildman–Crippen MR) is 123 cm³/mol. The number of benzene rings is 2. The maximum absolute atomic E-state index is 13.5. The summed E-state index contributed by atoms with van der Waals surface area (Å²) in [4.78, 5) is 15.1. The van der Waals surface area contributed by atoms with E-state index in [-0.39, 0.29) is 23.7 Å². The number of carbonyl (C=O) groups excluding carboxylic acids is 1. The maximum atomic E-state index is 13.5. The van der Waals surface area contributed by atoms with E-state index in [4.69, 9.17) is 0 Å². The first kappa shape index (κ1) is 22.6. The van der Waals surface area contributed by atoms with Gasteiger partial charge in [0.05, 0.1) is 6.04 Å². The molecule has 1 unspecified atom stereocenters.